The van der Waals surface area contributed by atoms with E-state index in [0.29, 0.717) is 45.9 Å². The maximum Gasteiger partial charge on any atom is 0.335 e. The molecule has 1 N–H and O–H groups in total. The maximum atomic E-state index is 13.5. The smallest absolute Gasteiger partial charge is 0.335 e. The molecule has 1 aliphatic heterocycles. The molecule has 0 atom stereocenters. The number of hydrogen-bond donors (Lipinski definition) is 1. The van der Waals surface area contributed by atoms with Crippen molar-refractivity contribution < 1.29 is 28.6 Å². The minimum Gasteiger partial charge on any atom is -0.490 e. The molecule has 44 heavy (non-hydrogen) atoms. The summed E-state index contributed by atoms with van der Waals surface area (Å²) < 4.78 is 17.5. The van der Waals surface area contributed by atoms with Gasteiger partial charge in [0.15, 0.2) is 11.5 Å². The van der Waals surface area contributed by atoms with Crippen LogP contribution in [0.4, 0.5) is 10.5 Å². The van der Waals surface area contributed by atoms with Crippen LogP contribution in [-0.4, -0.2) is 24.5 Å². The van der Waals surface area contributed by atoms with Gasteiger partial charge in [-0.3, -0.25) is 14.9 Å². The van der Waals surface area contributed by atoms with Crippen molar-refractivity contribution in [1.29, 1.82) is 0 Å². The van der Waals surface area contributed by atoms with Gasteiger partial charge in [0.05, 0.1) is 17.3 Å². The molecule has 11 heteroatoms. The zero-order valence-corrected chi connectivity index (χ0v) is 25.6. The van der Waals surface area contributed by atoms with E-state index in [1.807, 2.05) is 30.3 Å². The van der Waals surface area contributed by atoms with Crippen molar-refractivity contribution >= 4 is 64.4 Å². The van der Waals surface area contributed by atoms with Crippen molar-refractivity contribution in [1.82, 2.24) is 5.32 Å². The predicted octanol–water partition coefficient (Wildman–Crippen LogP) is 7.87. The molecule has 1 aliphatic rings. The van der Waals surface area contributed by atoms with E-state index in [2.05, 4.69) is 5.32 Å². The molecule has 4 aromatic carbocycles. The van der Waals surface area contributed by atoms with Crippen LogP contribution >= 0.6 is 34.8 Å². The summed E-state index contributed by atoms with van der Waals surface area (Å²) >= 11 is 18.8. The molecule has 224 valence electrons. The summed E-state index contributed by atoms with van der Waals surface area (Å²) in [4.78, 5) is 39.8. The number of ether oxygens (including phenoxy) is 3. The van der Waals surface area contributed by atoms with Gasteiger partial charge in [-0.1, -0.05) is 71.2 Å². The Hall–Kier alpha value is -4.50. The molecule has 0 saturated carbocycles. The van der Waals surface area contributed by atoms with E-state index in [1.165, 1.54) is 12.1 Å². The third kappa shape index (κ3) is 7.17. The van der Waals surface area contributed by atoms with Crippen LogP contribution in [0.2, 0.25) is 15.1 Å². The third-order valence-corrected chi connectivity index (χ3v) is 7.34. The molecule has 4 amide bonds. The first-order chi connectivity index (χ1) is 21.2. The van der Waals surface area contributed by atoms with Gasteiger partial charge in [0.25, 0.3) is 11.8 Å². The largest absolute Gasteiger partial charge is 0.490 e. The molecular formula is C33H25Cl3N2O6. The molecule has 1 saturated heterocycles. The molecule has 1 heterocycles. The Labute approximate surface area is 268 Å². The number of imide groups is 2. The molecule has 0 radical (unpaired) electrons. The van der Waals surface area contributed by atoms with Gasteiger partial charge in [0.2, 0.25) is 0 Å². The van der Waals surface area contributed by atoms with E-state index < -0.39 is 17.8 Å². The topological polar surface area (TPSA) is 94.2 Å². The second-order valence-corrected chi connectivity index (χ2v) is 10.8. The molecule has 4 aromatic rings. The van der Waals surface area contributed by atoms with Gasteiger partial charge in [-0.2, -0.15) is 0 Å². The number of carbonyl (C=O) groups is 3. The standard InChI is InChI=1S/C33H25Cl3N2O6/c1-2-42-29-16-21(15-28(36)30(29)44-19-22-8-9-23(34)17-27(22)35)14-26-31(39)37-33(41)38(32(26)40)24-10-12-25(13-11-24)43-18-20-6-4-3-5-7-20/h3-17H,2,18-19H2,1H3,(H,37,39,41)/b26-14+. The number of carbonyl (C=O) groups excluding carboxylic acids is 3. The molecule has 0 bridgehead atoms. The molecule has 5 rings (SSSR count). The number of anilines is 1. The quantitative estimate of drug-likeness (QED) is 0.139. The first kappa shape index (κ1) is 30.9. The highest BCUT2D eigenvalue weighted by molar-refractivity contribution is 6.39. The van der Waals surface area contributed by atoms with Crippen LogP contribution in [0.5, 0.6) is 17.2 Å². The molecular weight excluding hydrogens is 627 g/mol. The number of nitrogens with zero attached hydrogens (tertiary/aromatic N) is 1. The predicted molar refractivity (Wildman–Crippen MR) is 170 cm³/mol. The molecule has 0 aliphatic carbocycles. The van der Waals surface area contributed by atoms with Gasteiger partial charge in [-0.25, -0.2) is 9.69 Å². The second kappa shape index (κ2) is 13.9. The first-order valence-electron chi connectivity index (χ1n) is 13.4. The Morgan fingerprint density at radius 2 is 1.55 bits per heavy atom. The summed E-state index contributed by atoms with van der Waals surface area (Å²) in [5.74, 6) is -0.547. The number of barbiturate groups is 1. The summed E-state index contributed by atoms with van der Waals surface area (Å²) in [5.41, 5.74) is 2.05. The summed E-state index contributed by atoms with van der Waals surface area (Å²) in [6, 6.07) is 23.3. The van der Waals surface area contributed by atoms with Gasteiger partial charge in [0, 0.05) is 15.6 Å². The van der Waals surface area contributed by atoms with Gasteiger partial charge >= 0.3 is 6.03 Å². The number of amides is 4. The SMILES string of the molecule is CCOc1cc(/C=C2\C(=O)NC(=O)N(c3ccc(OCc4ccccc4)cc3)C2=O)cc(Cl)c1OCc1ccc(Cl)cc1Cl. The first-order valence-corrected chi connectivity index (χ1v) is 14.6. The second-order valence-electron chi connectivity index (χ2n) is 9.51. The lowest BCUT2D eigenvalue weighted by Gasteiger charge is -2.26. The molecule has 8 nitrogen and oxygen atoms in total. The fourth-order valence-electron chi connectivity index (χ4n) is 4.35. The van der Waals surface area contributed by atoms with Crippen LogP contribution in [0.3, 0.4) is 0 Å². The Morgan fingerprint density at radius 3 is 2.25 bits per heavy atom. The zero-order valence-electron chi connectivity index (χ0n) is 23.3. The summed E-state index contributed by atoms with van der Waals surface area (Å²) in [7, 11) is 0. The number of rotatable bonds is 10. The highest BCUT2D eigenvalue weighted by Crippen LogP contribution is 2.38. The van der Waals surface area contributed by atoms with E-state index in [4.69, 9.17) is 49.0 Å². The number of halogens is 3. The summed E-state index contributed by atoms with van der Waals surface area (Å²) in [6.07, 6.45) is 1.34. The van der Waals surface area contributed by atoms with Crippen LogP contribution in [-0.2, 0) is 22.8 Å². The monoisotopic (exact) mass is 650 g/mol. The average molecular weight is 652 g/mol. The van der Waals surface area contributed by atoms with E-state index in [-0.39, 0.29) is 28.6 Å². The highest BCUT2D eigenvalue weighted by Gasteiger charge is 2.37. The highest BCUT2D eigenvalue weighted by atomic mass is 35.5. The van der Waals surface area contributed by atoms with E-state index in [0.717, 1.165) is 10.5 Å². The Kier molecular flexibility index (Phi) is 9.75. The summed E-state index contributed by atoms with van der Waals surface area (Å²) in [5, 5.41) is 3.33. The van der Waals surface area contributed by atoms with Crippen molar-refractivity contribution in [3.05, 3.63) is 122 Å². The third-order valence-electron chi connectivity index (χ3n) is 6.47. The normalized spacial score (nSPS) is 14.0. The lowest BCUT2D eigenvalue weighted by molar-refractivity contribution is -0.122. The number of nitrogens with one attached hydrogen (secondary N) is 1. The van der Waals surface area contributed by atoms with E-state index in [1.54, 1.807) is 55.5 Å². The molecule has 0 aromatic heterocycles. The van der Waals surface area contributed by atoms with E-state index in [9.17, 15) is 14.4 Å². The van der Waals surface area contributed by atoms with Crippen LogP contribution in [0.1, 0.15) is 23.6 Å². The van der Waals surface area contributed by atoms with E-state index >= 15 is 0 Å². The minimum atomic E-state index is -0.868. The Morgan fingerprint density at radius 1 is 0.795 bits per heavy atom. The van der Waals surface area contributed by atoms with Crippen molar-refractivity contribution in [2.24, 2.45) is 0 Å². The van der Waals surface area contributed by atoms with Crippen molar-refractivity contribution in [2.45, 2.75) is 20.1 Å². The van der Waals surface area contributed by atoms with Crippen LogP contribution in [0.25, 0.3) is 6.08 Å². The van der Waals surface area contributed by atoms with Crippen LogP contribution in [0.15, 0.2) is 90.5 Å². The lowest BCUT2D eigenvalue weighted by Crippen LogP contribution is -2.54. The number of hydrogen-bond acceptors (Lipinski definition) is 6. The Bertz CT molecular complexity index is 1740. The summed E-state index contributed by atoms with van der Waals surface area (Å²) in [6.45, 7) is 2.53. The van der Waals surface area contributed by atoms with Gasteiger partial charge in [-0.15, -0.1) is 0 Å². The van der Waals surface area contributed by atoms with Crippen molar-refractivity contribution in [2.75, 3.05) is 11.5 Å². The van der Waals surface area contributed by atoms with Crippen LogP contribution < -0.4 is 24.4 Å². The van der Waals surface area contributed by atoms with Gasteiger partial charge < -0.3 is 14.2 Å². The number of urea groups is 1. The lowest BCUT2D eigenvalue weighted by atomic mass is 10.1. The fourth-order valence-corrected chi connectivity index (χ4v) is 5.09. The van der Waals surface area contributed by atoms with Crippen molar-refractivity contribution in [3.63, 3.8) is 0 Å². The number of benzene rings is 4. The van der Waals surface area contributed by atoms with Gasteiger partial charge in [-0.05, 0) is 72.7 Å². The zero-order chi connectivity index (χ0) is 31.2. The Balaban J connectivity index is 1.36. The van der Waals surface area contributed by atoms with Gasteiger partial charge in [0.1, 0.15) is 24.5 Å². The van der Waals surface area contributed by atoms with Crippen molar-refractivity contribution in [3.8, 4) is 17.2 Å². The molecule has 1 fully saturated rings. The maximum absolute atomic E-state index is 13.5. The average Bonchev–Trinajstić information content (AvgIpc) is 3.00. The van der Waals surface area contributed by atoms with Crippen LogP contribution in [0, 0.1) is 0 Å². The molecule has 0 unspecified atom stereocenters. The fraction of sp³-hybridized carbons (Fsp3) is 0.121. The minimum absolute atomic E-state index is 0.0876. The molecule has 0 spiro atoms.